The number of hydrogen-bond acceptors (Lipinski definition) is 5. The molecule has 8 nitrogen and oxygen atoms in total. The second kappa shape index (κ2) is 6.77. The summed E-state index contributed by atoms with van der Waals surface area (Å²) in [6.07, 6.45) is 0. The van der Waals surface area contributed by atoms with Gasteiger partial charge in [0.2, 0.25) is 5.95 Å². The molecule has 4 rings (SSSR count). The molecule has 0 saturated carbocycles. The second-order valence-corrected chi connectivity index (χ2v) is 7.23. The Bertz CT molecular complexity index is 829. The van der Waals surface area contributed by atoms with Crippen LogP contribution in [0, 0.1) is 0 Å². The third-order valence-electron chi connectivity index (χ3n) is 4.74. The van der Waals surface area contributed by atoms with Crippen LogP contribution in [0.1, 0.15) is 11.4 Å². The van der Waals surface area contributed by atoms with Gasteiger partial charge >= 0.3 is 6.03 Å². The van der Waals surface area contributed by atoms with E-state index in [1.807, 2.05) is 18.2 Å². The van der Waals surface area contributed by atoms with Gasteiger partial charge in [-0.15, -0.1) is 10.2 Å². The van der Waals surface area contributed by atoms with Crippen molar-refractivity contribution in [2.45, 2.75) is 13.1 Å². The van der Waals surface area contributed by atoms with Crippen LogP contribution in [-0.4, -0.2) is 70.9 Å². The highest BCUT2D eigenvalue weighted by Crippen LogP contribution is 2.30. The number of piperazine rings is 1. The molecule has 2 aliphatic rings. The van der Waals surface area contributed by atoms with E-state index < -0.39 is 0 Å². The van der Waals surface area contributed by atoms with E-state index in [0.29, 0.717) is 18.1 Å². The summed E-state index contributed by atoms with van der Waals surface area (Å²) in [5, 5.41) is 12.9. The number of amides is 2. The number of hydrogen-bond donors (Lipinski definition) is 1. The van der Waals surface area contributed by atoms with Crippen molar-refractivity contribution in [1.29, 1.82) is 0 Å². The van der Waals surface area contributed by atoms with Crippen molar-refractivity contribution in [2.24, 2.45) is 0 Å². The first-order chi connectivity index (χ1) is 12.5. The van der Waals surface area contributed by atoms with Gasteiger partial charge in [-0.25, -0.2) is 4.79 Å². The molecule has 0 bridgehead atoms. The highest BCUT2D eigenvalue weighted by Gasteiger charge is 2.29. The average Bonchev–Trinajstić information content (AvgIpc) is 2.97. The molecule has 0 aliphatic carbocycles. The summed E-state index contributed by atoms with van der Waals surface area (Å²) in [7, 11) is 3.51. The fourth-order valence-electron chi connectivity index (χ4n) is 3.48. The lowest BCUT2D eigenvalue weighted by molar-refractivity contribution is 0.164. The quantitative estimate of drug-likeness (QED) is 0.814. The first-order valence-corrected chi connectivity index (χ1v) is 9.07. The average molecular weight is 376 g/mol. The van der Waals surface area contributed by atoms with Gasteiger partial charge < -0.3 is 20.0 Å². The van der Waals surface area contributed by atoms with Gasteiger partial charge in [-0.2, -0.15) is 0 Å². The Balaban J connectivity index is 1.82. The minimum absolute atomic E-state index is 0.0592. The molecule has 1 saturated heterocycles. The molecule has 0 atom stereocenters. The van der Waals surface area contributed by atoms with E-state index in [1.165, 1.54) is 0 Å². The predicted molar refractivity (Wildman–Crippen MR) is 99.8 cm³/mol. The van der Waals surface area contributed by atoms with Gasteiger partial charge in [0.25, 0.3) is 0 Å². The van der Waals surface area contributed by atoms with Gasteiger partial charge in [0.1, 0.15) is 0 Å². The van der Waals surface area contributed by atoms with Gasteiger partial charge in [0, 0.05) is 45.3 Å². The van der Waals surface area contributed by atoms with Gasteiger partial charge in [-0.3, -0.25) is 4.57 Å². The number of nitrogens with zero attached hydrogens (tertiary/aromatic N) is 6. The molecule has 3 heterocycles. The lowest BCUT2D eigenvalue weighted by atomic mass is 10.1. The van der Waals surface area contributed by atoms with Crippen molar-refractivity contribution >= 4 is 23.6 Å². The smallest absolute Gasteiger partial charge is 0.320 e. The van der Waals surface area contributed by atoms with Gasteiger partial charge in [0.05, 0.1) is 18.8 Å². The van der Waals surface area contributed by atoms with E-state index in [4.69, 9.17) is 11.6 Å². The van der Waals surface area contributed by atoms with Crippen molar-refractivity contribution < 1.29 is 4.79 Å². The molecule has 1 N–H and O–H groups in total. The first-order valence-electron chi connectivity index (χ1n) is 8.69. The minimum atomic E-state index is -0.0592. The van der Waals surface area contributed by atoms with Crippen molar-refractivity contribution in [3.8, 4) is 5.69 Å². The normalized spacial score (nSPS) is 16.7. The highest BCUT2D eigenvalue weighted by atomic mass is 35.5. The summed E-state index contributed by atoms with van der Waals surface area (Å²) in [4.78, 5) is 18.2. The maximum Gasteiger partial charge on any atom is 0.320 e. The Labute approximate surface area is 157 Å². The van der Waals surface area contributed by atoms with Crippen LogP contribution >= 0.6 is 11.6 Å². The van der Waals surface area contributed by atoms with Crippen LogP contribution in [0.3, 0.4) is 0 Å². The fourth-order valence-corrected chi connectivity index (χ4v) is 3.67. The zero-order chi connectivity index (χ0) is 18.3. The monoisotopic (exact) mass is 375 g/mol. The number of rotatable bonds is 1. The van der Waals surface area contributed by atoms with Gasteiger partial charge in [-0.05, 0) is 23.8 Å². The summed E-state index contributed by atoms with van der Waals surface area (Å²) in [6.45, 7) is 4.48. The van der Waals surface area contributed by atoms with Crippen LogP contribution in [0.4, 0.5) is 10.7 Å². The number of carbonyl (C=O) groups excluding carboxylic acids is 1. The van der Waals surface area contributed by atoms with Crippen LogP contribution in [0.25, 0.3) is 5.69 Å². The number of urea groups is 1. The molecule has 1 aromatic carbocycles. The summed E-state index contributed by atoms with van der Waals surface area (Å²) < 4.78 is 2.07. The molecule has 9 heteroatoms. The number of aromatic nitrogens is 3. The molecule has 0 radical (unpaired) electrons. The number of anilines is 1. The molecular weight excluding hydrogens is 354 g/mol. The number of nitrogens with one attached hydrogen (secondary N) is 1. The Hall–Kier alpha value is -2.32. The summed E-state index contributed by atoms with van der Waals surface area (Å²) in [6, 6.07) is 5.72. The predicted octanol–water partition coefficient (Wildman–Crippen LogP) is 1.33. The third kappa shape index (κ3) is 2.99. The van der Waals surface area contributed by atoms with E-state index in [9.17, 15) is 4.79 Å². The molecule has 0 spiro atoms. The molecule has 138 valence electrons. The largest absolute Gasteiger partial charge is 0.338 e. The van der Waals surface area contributed by atoms with Crippen LogP contribution in [-0.2, 0) is 13.1 Å². The zero-order valence-electron chi connectivity index (χ0n) is 14.9. The Morgan fingerprint density at radius 3 is 2.69 bits per heavy atom. The van der Waals surface area contributed by atoms with E-state index in [1.54, 1.807) is 23.9 Å². The van der Waals surface area contributed by atoms with E-state index in [-0.39, 0.29) is 6.03 Å². The van der Waals surface area contributed by atoms with E-state index in [0.717, 1.165) is 49.2 Å². The topological polar surface area (TPSA) is 69.5 Å². The Morgan fingerprint density at radius 1 is 1.19 bits per heavy atom. The van der Waals surface area contributed by atoms with E-state index >= 15 is 0 Å². The van der Waals surface area contributed by atoms with Gasteiger partial charge in [-0.1, -0.05) is 11.6 Å². The highest BCUT2D eigenvalue weighted by molar-refractivity contribution is 6.30. The third-order valence-corrected chi connectivity index (χ3v) is 4.98. The SMILES string of the molecule is CN(C)C(=O)N1Cc2cc(Cl)ccc2-n2c(nnc2N2CCNCC2)C1. The van der Waals surface area contributed by atoms with Crippen molar-refractivity contribution in [2.75, 3.05) is 45.2 Å². The van der Waals surface area contributed by atoms with Crippen LogP contribution in [0.2, 0.25) is 5.02 Å². The Morgan fingerprint density at radius 2 is 1.96 bits per heavy atom. The lowest BCUT2D eigenvalue weighted by Gasteiger charge is -2.28. The number of halogens is 1. The van der Waals surface area contributed by atoms with Crippen molar-refractivity contribution in [3.63, 3.8) is 0 Å². The lowest BCUT2D eigenvalue weighted by Crippen LogP contribution is -2.44. The van der Waals surface area contributed by atoms with E-state index in [2.05, 4.69) is 25.0 Å². The number of fused-ring (bicyclic) bond motifs is 3. The van der Waals surface area contributed by atoms with Crippen molar-refractivity contribution in [1.82, 2.24) is 29.9 Å². The molecule has 2 aliphatic heterocycles. The molecule has 2 amide bonds. The second-order valence-electron chi connectivity index (χ2n) is 6.79. The Kier molecular flexibility index (Phi) is 4.46. The molecule has 2 aromatic rings. The molecule has 26 heavy (non-hydrogen) atoms. The zero-order valence-corrected chi connectivity index (χ0v) is 15.7. The maximum atomic E-state index is 12.6. The standard InChI is InChI=1S/C17H22ClN7O/c1-22(2)17(26)24-10-12-9-13(18)3-4-14(12)25-15(11-24)20-21-16(25)23-7-5-19-6-8-23/h3-4,9,19H,5-8,10-11H2,1-2H3. The molecule has 1 aromatic heterocycles. The number of benzene rings is 1. The molecule has 0 unspecified atom stereocenters. The van der Waals surface area contributed by atoms with Crippen LogP contribution < -0.4 is 10.2 Å². The minimum Gasteiger partial charge on any atom is -0.338 e. The summed E-state index contributed by atoms with van der Waals surface area (Å²) in [5.41, 5.74) is 1.97. The fraction of sp³-hybridized carbons (Fsp3) is 0.471. The number of carbonyl (C=O) groups is 1. The van der Waals surface area contributed by atoms with Crippen molar-refractivity contribution in [3.05, 3.63) is 34.6 Å². The summed E-state index contributed by atoms with van der Waals surface area (Å²) in [5.74, 6) is 1.58. The molecule has 1 fully saturated rings. The first kappa shape index (κ1) is 17.1. The van der Waals surface area contributed by atoms with Gasteiger partial charge in [0.15, 0.2) is 5.82 Å². The molecular formula is C17H22ClN7O. The maximum absolute atomic E-state index is 12.6. The van der Waals surface area contributed by atoms with Crippen LogP contribution in [0.15, 0.2) is 18.2 Å². The van der Waals surface area contributed by atoms with Crippen LogP contribution in [0.5, 0.6) is 0 Å². The summed E-state index contributed by atoms with van der Waals surface area (Å²) >= 11 is 6.24.